The Kier molecular flexibility index (Phi) is 6.44. The summed E-state index contributed by atoms with van der Waals surface area (Å²) < 4.78 is 0. The van der Waals surface area contributed by atoms with Gasteiger partial charge in [-0.1, -0.05) is 38.1 Å². The Labute approximate surface area is 110 Å². The second kappa shape index (κ2) is 7.88. The van der Waals surface area contributed by atoms with E-state index in [4.69, 9.17) is 5.73 Å². The van der Waals surface area contributed by atoms with E-state index in [-0.39, 0.29) is 5.91 Å². The molecular weight excluding hydrogens is 224 g/mol. The molecule has 1 rings (SSSR count). The van der Waals surface area contributed by atoms with Crippen LogP contribution in [0.3, 0.4) is 0 Å². The lowest BCUT2D eigenvalue weighted by atomic mass is 10.0. The quantitative estimate of drug-likeness (QED) is 0.724. The van der Waals surface area contributed by atoms with Gasteiger partial charge in [-0.2, -0.15) is 0 Å². The highest BCUT2D eigenvalue weighted by atomic mass is 16.1. The molecule has 0 aliphatic heterocycles. The van der Waals surface area contributed by atoms with Crippen molar-refractivity contribution in [2.24, 2.45) is 11.7 Å². The van der Waals surface area contributed by atoms with Crippen molar-refractivity contribution < 1.29 is 4.79 Å². The summed E-state index contributed by atoms with van der Waals surface area (Å²) in [6.45, 7) is 5.70. The first-order valence-electron chi connectivity index (χ1n) is 6.66. The molecular formula is C15H24N2O. The van der Waals surface area contributed by atoms with E-state index < -0.39 is 0 Å². The van der Waals surface area contributed by atoms with Gasteiger partial charge in [-0.15, -0.1) is 0 Å². The first-order chi connectivity index (χ1) is 8.61. The van der Waals surface area contributed by atoms with Gasteiger partial charge in [0.2, 0.25) is 5.91 Å². The minimum absolute atomic E-state index is 0.0695. The van der Waals surface area contributed by atoms with Crippen LogP contribution in [-0.4, -0.2) is 19.0 Å². The fourth-order valence-electron chi connectivity index (χ4n) is 1.84. The lowest BCUT2D eigenvalue weighted by molar-refractivity contribution is -0.120. The van der Waals surface area contributed by atoms with Crippen LogP contribution in [0.4, 0.5) is 0 Å². The van der Waals surface area contributed by atoms with E-state index in [0.29, 0.717) is 25.4 Å². The third-order valence-corrected chi connectivity index (χ3v) is 2.73. The third kappa shape index (κ3) is 5.82. The lowest BCUT2D eigenvalue weighted by Gasteiger charge is -2.07. The molecule has 0 aliphatic rings. The van der Waals surface area contributed by atoms with Gasteiger partial charge in [0.15, 0.2) is 0 Å². The van der Waals surface area contributed by atoms with Gasteiger partial charge in [0.05, 0.1) is 6.42 Å². The van der Waals surface area contributed by atoms with E-state index in [1.165, 1.54) is 5.56 Å². The second-order valence-corrected chi connectivity index (χ2v) is 5.08. The molecule has 3 heteroatoms. The Morgan fingerprint density at radius 3 is 2.39 bits per heavy atom. The molecule has 0 aromatic heterocycles. The number of hydrogen-bond acceptors (Lipinski definition) is 2. The summed E-state index contributed by atoms with van der Waals surface area (Å²) in [4.78, 5) is 11.6. The fraction of sp³-hybridized carbons (Fsp3) is 0.533. The average molecular weight is 248 g/mol. The molecule has 1 aromatic carbocycles. The minimum atomic E-state index is 0.0695. The monoisotopic (exact) mass is 248 g/mol. The number of carbonyl (C=O) groups is 1. The fourth-order valence-corrected chi connectivity index (χ4v) is 1.84. The Morgan fingerprint density at radius 1 is 1.22 bits per heavy atom. The molecule has 0 atom stereocenters. The van der Waals surface area contributed by atoms with Crippen molar-refractivity contribution in [3.05, 3.63) is 35.4 Å². The van der Waals surface area contributed by atoms with E-state index in [1.807, 2.05) is 12.1 Å². The average Bonchev–Trinajstić information content (AvgIpc) is 2.31. The van der Waals surface area contributed by atoms with Crippen LogP contribution in [0.1, 0.15) is 31.4 Å². The molecule has 18 heavy (non-hydrogen) atoms. The predicted octanol–water partition coefficient (Wildman–Crippen LogP) is 1.89. The summed E-state index contributed by atoms with van der Waals surface area (Å²) in [6, 6.07) is 8.31. The predicted molar refractivity (Wildman–Crippen MR) is 75.4 cm³/mol. The number of nitrogens with one attached hydrogen (secondary N) is 1. The van der Waals surface area contributed by atoms with E-state index in [1.54, 1.807) is 0 Å². The number of hydrogen-bond donors (Lipinski definition) is 2. The summed E-state index contributed by atoms with van der Waals surface area (Å²) in [5, 5.41) is 2.86. The van der Waals surface area contributed by atoms with Gasteiger partial charge in [0.25, 0.3) is 0 Å². The molecule has 0 bridgehead atoms. The van der Waals surface area contributed by atoms with Gasteiger partial charge in [-0.05, 0) is 36.4 Å². The normalized spacial score (nSPS) is 10.7. The zero-order valence-electron chi connectivity index (χ0n) is 11.4. The highest BCUT2D eigenvalue weighted by Gasteiger charge is 2.03. The standard InChI is InChI=1S/C15H24N2O/c1-12(2)10-13-4-6-14(7-5-13)11-15(18)17-9-3-8-16/h4-7,12H,3,8-11,16H2,1-2H3,(H,17,18). The molecule has 0 fully saturated rings. The first kappa shape index (κ1) is 14.7. The Balaban J connectivity index is 2.40. The molecule has 100 valence electrons. The Morgan fingerprint density at radius 2 is 1.83 bits per heavy atom. The van der Waals surface area contributed by atoms with Crippen molar-refractivity contribution in [1.29, 1.82) is 0 Å². The van der Waals surface area contributed by atoms with Gasteiger partial charge < -0.3 is 11.1 Å². The highest BCUT2D eigenvalue weighted by Crippen LogP contribution is 2.10. The SMILES string of the molecule is CC(C)Cc1ccc(CC(=O)NCCCN)cc1. The van der Waals surface area contributed by atoms with Crippen molar-refractivity contribution >= 4 is 5.91 Å². The third-order valence-electron chi connectivity index (χ3n) is 2.73. The summed E-state index contributed by atoms with van der Waals surface area (Å²) in [6.07, 6.45) is 2.37. The van der Waals surface area contributed by atoms with Crippen molar-refractivity contribution in [3.63, 3.8) is 0 Å². The van der Waals surface area contributed by atoms with Crippen molar-refractivity contribution in [1.82, 2.24) is 5.32 Å². The zero-order chi connectivity index (χ0) is 13.4. The summed E-state index contributed by atoms with van der Waals surface area (Å²) in [5.74, 6) is 0.732. The summed E-state index contributed by atoms with van der Waals surface area (Å²) in [5.41, 5.74) is 7.77. The van der Waals surface area contributed by atoms with Crippen LogP contribution >= 0.6 is 0 Å². The number of carbonyl (C=O) groups excluding carboxylic acids is 1. The van der Waals surface area contributed by atoms with E-state index in [9.17, 15) is 4.79 Å². The van der Waals surface area contributed by atoms with Gasteiger partial charge in [0, 0.05) is 6.54 Å². The maximum absolute atomic E-state index is 11.6. The molecule has 0 aliphatic carbocycles. The molecule has 3 N–H and O–H groups in total. The number of nitrogens with two attached hydrogens (primary N) is 1. The van der Waals surface area contributed by atoms with Gasteiger partial charge in [-0.3, -0.25) is 4.79 Å². The molecule has 0 saturated carbocycles. The van der Waals surface area contributed by atoms with Crippen LogP contribution in [0.2, 0.25) is 0 Å². The smallest absolute Gasteiger partial charge is 0.224 e. The molecule has 0 saturated heterocycles. The summed E-state index contributed by atoms with van der Waals surface area (Å²) in [7, 11) is 0. The van der Waals surface area contributed by atoms with E-state index >= 15 is 0 Å². The Hall–Kier alpha value is -1.35. The van der Waals surface area contributed by atoms with Crippen molar-refractivity contribution in [3.8, 4) is 0 Å². The minimum Gasteiger partial charge on any atom is -0.356 e. The maximum Gasteiger partial charge on any atom is 0.224 e. The lowest BCUT2D eigenvalue weighted by Crippen LogP contribution is -2.27. The van der Waals surface area contributed by atoms with E-state index in [2.05, 4.69) is 31.3 Å². The number of rotatable bonds is 7. The topological polar surface area (TPSA) is 55.1 Å². The van der Waals surface area contributed by atoms with Crippen LogP contribution in [-0.2, 0) is 17.6 Å². The van der Waals surface area contributed by atoms with Crippen molar-refractivity contribution in [2.45, 2.75) is 33.1 Å². The van der Waals surface area contributed by atoms with E-state index in [0.717, 1.165) is 18.4 Å². The molecule has 1 aromatic rings. The molecule has 0 heterocycles. The molecule has 0 spiro atoms. The van der Waals surface area contributed by atoms with Crippen LogP contribution in [0.25, 0.3) is 0 Å². The maximum atomic E-state index is 11.6. The van der Waals surface area contributed by atoms with Crippen LogP contribution < -0.4 is 11.1 Å². The summed E-state index contributed by atoms with van der Waals surface area (Å²) >= 11 is 0. The molecule has 0 radical (unpaired) electrons. The van der Waals surface area contributed by atoms with Crippen LogP contribution in [0.5, 0.6) is 0 Å². The van der Waals surface area contributed by atoms with Gasteiger partial charge in [0.1, 0.15) is 0 Å². The number of benzene rings is 1. The first-order valence-corrected chi connectivity index (χ1v) is 6.66. The van der Waals surface area contributed by atoms with Crippen LogP contribution in [0.15, 0.2) is 24.3 Å². The number of amides is 1. The second-order valence-electron chi connectivity index (χ2n) is 5.08. The van der Waals surface area contributed by atoms with Crippen molar-refractivity contribution in [2.75, 3.05) is 13.1 Å². The largest absolute Gasteiger partial charge is 0.356 e. The Bertz CT molecular complexity index is 357. The highest BCUT2D eigenvalue weighted by molar-refractivity contribution is 5.78. The van der Waals surface area contributed by atoms with Crippen LogP contribution in [0, 0.1) is 5.92 Å². The van der Waals surface area contributed by atoms with Gasteiger partial charge in [-0.25, -0.2) is 0 Å². The molecule has 3 nitrogen and oxygen atoms in total. The molecule has 1 amide bonds. The zero-order valence-corrected chi connectivity index (χ0v) is 11.4. The molecule has 0 unspecified atom stereocenters. The van der Waals surface area contributed by atoms with Gasteiger partial charge >= 0.3 is 0 Å².